The normalized spacial score (nSPS) is 11.4. The lowest BCUT2D eigenvalue weighted by Crippen LogP contribution is -2.37. The van der Waals surface area contributed by atoms with Gasteiger partial charge in [0.25, 0.3) is 5.82 Å². The average molecular weight is 468 g/mol. The average Bonchev–Trinajstić information content (AvgIpc) is 3.24. The minimum atomic E-state index is 1.14. The van der Waals surface area contributed by atoms with Crippen LogP contribution in [0.3, 0.4) is 0 Å². The van der Waals surface area contributed by atoms with Gasteiger partial charge in [-0.25, -0.2) is 9.13 Å². The Morgan fingerprint density at radius 1 is 0.588 bits per heavy atom. The molecule has 34 heavy (non-hydrogen) atoms. The molecule has 0 aliphatic heterocycles. The minimum Gasteiger partial charge on any atom is -0.234 e. The second kappa shape index (κ2) is 19.7. The van der Waals surface area contributed by atoms with Crippen LogP contribution in [0, 0.1) is 0 Å². The Morgan fingerprint density at radius 2 is 1.15 bits per heavy atom. The standard InChI is InChI=1S/C32H55N2/c1-3-5-7-9-10-11-12-13-14-15-20-26-32-33(27-21-16-8-6-4-2)29-30-34(32)28-22-25-31-23-18-17-19-24-31/h17-19,23-24,29-30H,3-16,20-22,25-28H2,1-2H3/q+1. The van der Waals surface area contributed by atoms with Gasteiger partial charge in [-0.15, -0.1) is 0 Å². The van der Waals surface area contributed by atoms with E-state index in [-0.39, 0.29) is 0 Å². The molecule has 2 heteroatoms. The molecule has 0 fully saturated rings. The molecule has 0 unspecified atom stereocenters. The number of imidazole rings is 1. The molecule has 2 aromatic rings. The van der Waals surface area contributed by atoms with Crippen LogP contribution in [0.2, 0.25) is 0 Å². The summed E-state index contributed by atoms with van der Waals surface area (Å²) < 4.78 is 5.13. The lowest BCUT2D eigenvalue weighted by atomic mass is 10.1. The molecular formula is C32H55N2+. The van der Waals surface area contributed by atoms with Gasteiger partial charge in [0, 0.05) is 6.42 Å². The summed E-state index contributed by atoms with van der Waals surface area (Å²) in [6.45, 7) is 6.95. The predicted octanol–water partition coefficient (Wildman–Crippen LogP) is 9.23. The van der Waals surface area contributed by atoms with Gasteiger partial charge in [-0.2, -0.15) is 0 Å². The summed E-state index contributed by atoms with van der Waals surface area (Å²) in [5, 5.41) is 0. The third-order valence-electron chi connectivity index (χ3n) is 7.30. The molecule has 0 bridgehead atoms. The van der Waals surface area contributed by atoms with Gasteiger partial charge in [-0.05, 0) is 37.7 Å². The number of aromatic nitrogens is 2. The molecule has 1 aromatic heterocycles. The van der Waals surface area contributed by atoms with Crippen LogP contribution in [0.4, 0.5) is 0 Å². The van der Waals surface area contributed by atoms with Crippen molar-refractivity contribution in [1.29, 1.82) is 0 Å². The molecule has 0 aliphatic carbocycles. The molecule has 0 aliphatic rings. The molecule has 0 saturated heterocycles. The maximum Gasteiger partial charge on any atom is 0.256 e. The molecule has 192 valence electrons. The second-order valence-corrected chi connectivity index (χ2v) is 10.4. The van der Waals surface area contributed by atoms with E-state index < -0.39 is 0 Å². The Balaban J connectivity index is 1.72. The van der Waals surface area contributed by atoms with E-state index in [1.807, 2.05) is 0 Å². The van der Waals surface area contributed by atoms with Crippen LogP contribution in [-0.2, 0) is 25.9 Å². The quantitative estimate of drug-likeness (QED) is 0.120. The predicted molar refractivity (Wildman–Crippen MR) is 148 cm³/mol. The van der Waals surface area contributed by atoms with Crippen molar-refractivity contribution in [3.8, 4) is 0 Å². The highest BCUT2D eigenvalue weighted by Gasteiger charge is 2.16. The first kappa shape index (κ1) is 28.7. The van der Waals surface area contributed by atoms with E-state index >= 15 is 0 Å². The number of hydrogen-bond acceptors (Lipinski definition) is 0. The SMILES string of the molecule is CCCCCCCCCCCCCc1n(CCCCCCC)cc[n+]1CCCc1ccccc1. The van der Waals surface area contributed by atoms with Gasteiger partial charge in [-0.1, -0.05) is 128 Å². The van der Waals surface area contributed by atoms with Crippen molar-refractivity contribution in [2.45, 2.75) is 149 Å². The van der Waals surface area contributed by atoms with Gasteiger partial charge >= 0.3 is 0 Å². The van der Waals surface area contributed by atoms with Crippen LogP contribution < -0.4 is 4.57 Å². The van der Waals surface area contributed by atoms with Crippen LogP contribution in [-0.4, -0.2) is 4.57 Å². The molecule has 0 radical (unpaired) electrons. The van der Waals surface area contributed by atoms with E-state index in [0.717, 1.165) is 6.54 Å². The second-order valence-electron chi connectivity index (χ2n) is 10.4. The van der Waals surface area contributed by atoms with Crippen LogP contribution in [0.1, 0.15) is 134 Å². The maximum atomic E-state index is 2.57. The summed E-state index contributed by atoms with van der Waals surface area (Å²) in [6.07, 6.45) is 30.8. The summed E-state index contributed by atoms with van der Waals surface area (Å²) >= 11 is 0. The van der Waals surface area contributed by atoms with Crippen LogP contribution in [0.5, 0.6) is 0 Å². The first-order chi connectivity index (χ1) is 16.8. The van der Waals surface area contributed by atoms with Crippen molar-refractivity contribution in [1.82, 2.24) is 4.57 Å². The van der Waals surface area contributed by atoms with Gasteiger partial charge in [0.2, 0.25) is 0 Å². The van der Waals surface area contributed by atoms with E-state index in [9.17, 15) is 0 Å². The van der Waals surface area contributed by atoms with E-state index in [4.69, 9.17) is 0 Å². The molecule has 2 rings (SSSR count). The van der Waals surface area contributed by atoms with Gasteiger partial charge in [0.05, 0.1) is 13.1 Å². The van der Waals surface area contributed by atoms with Crippen molar-refractivity contribution >= 4 is 0 Å². The Hall–Kier alpha value is -1.57. The number of unbranched alkanes of at least 4 members (excludes halogenated alkanes) is 14. The molecule has 0 N–H and O–H groups in total. The van der Waals surface area contributed by atoms with Crippen LogP contribution in [0.15, 0.2) is 42.7 Å². The molecule has 2 nitrogen and oxygen atoms in total. The van der Waals surface area contributed by atoms with Gasteiger partial charge in [0.15, 0.2) is 0 Å². The van der Waals surface area contributed by atoms with E-state index in [2.05, 4.69) is 65.7 Å². The molecule has 0 amide bonds. The number of rotatable bonds is 22. The first-order valence-corrected chi connectivity index (χ1v) is 15.0. The van der Waals surface area contributed by atoms with Crippen molar-refractivity contribution in [2.24, 2.45) is 0 Å². The Labute approximate surface area is 212 Å². The third-order valence-corrected chi connectivity index (χ3v) is 7.30. The van der Waals surface area contributed by atoms with Gasteiger partial charge < -0.3 is 0 Å². The Morgan fingerprint density at radius 3 is 1.76 bits per heavy atom. The van der Waals surface area contributed by atoms with Crippen LogP contribution >= 0.6 is 0 Å². The summed E-state index contributed by atoms with van der Waals surface area (Å²) in [4.78, 5) is 0. The molecule has 1 aromatic carbocycles. The van der Waals surface area contributed by atoms with Gasteiger partial charge in [-0.3, -0.25) is 0 Å². The fourth-order valence-electron chi connectivity index (χ4n) is 5.12. The maximum absolute atomic E-state index is 2.57. The van der Waals surface area contributed by atoms with E-state index in [0.29, 0.717) is 0 Å². The molecular weight excluding hydrogens is 412 g/mol. The monoisotopic (exact) mass is 467 g/mol. The van der Waals surface area contributed by atoms with Crippen molar-refractivity contribution < 1.29 is 4.57 Å². The smallest absolute Gasteiger partial charge is 0.234 e. The van der Waals surface area contributed by atoms with Gasteiger partial charge in [0.1, 0.15) is 12.4 Å². The number of aryl methyl sites for hydroxylation is 3. The lowest BCUT2D eigenvalue weighted by molar-refractivity contribution is -0.704. The van der Waals surface area contributed by atoms with Crippen LogP contribution in [0.25, 0.3) is 0 Å². The number of nitrogens with zero attached hydrogens (tertiary/aromatic N) is 2. The summed E-state index contributed by atoms with van der Waals surface area (Å²) in [5.41, 5.74) is 1.46. The highest BCUT2D eigenvalue weighted by atomic mass is 15.1. The molecule has 0 spiro atoms. The number of benzene rings is 1. The van der Waals surface area contributed by atoms with E-state index in [1.165, 1.54) is 134 Å². The summed E-state index contributed by atoms with van der Waals surface area (Å²) in [5.74, 6) is 1.57. The lowest BCUT2D eigenvalue weighted by Gasteiger charge is -2.07. The third kappa shape index (κ3) is 12.8. The summed E-state index contributed by atoms with van der Waals surface area (Å²) in [7, 11) is 0. The van der Waals surface area contributed by atoms with Crippen molar-refractivity contribution in [2.75, 3.05) is 0 Å². The highest BCUT2D eigenvalue weighted by molar-refractivity contribution is 5.14. The Bertz CT molecular complexity index is 703. The van der Waals surface area contributed by atoms with Crippen molar-refractivity contribution in [3.05, 3.63) is 54.1 Å². The molecule has 0 atom stereocenters. The fourth-order valence-corrected chi connectivity index (χ4v) is 5.12. The topological polar surface area (TPSA) is 8.81 Å². The minimum absolute atomic E-state index is 1.14. The zero-order chi connectivity index (χ0) is 24.1. The zero-order valence-electron chi connectivity index (χ0n) is 22.8. The largest absolute Gasteiger partial charge is 0.256 e. The van der Waals surface area contributed by atoms with Crippen molar-refractivity contribution in [3.63, 3.8) is 0 Å². The zero-order valence-corrected chi connectivity index (χ0v) is 22.8. The molecule has 0 saturated carbocycles. The first-order valence-electron chi connectivity index (χ1n) is 15.0. The fraction of sp³-hybridized carbons (Fsp3) is 0.719. The Kier molecular flexibility index (Phi) is 16.6. The highest BCUT2D eigenvalue weighted by Crippen LogP contribution is 2.13. The van der Waals surface area contributed by atoms with E-state index in [1.54, 1.807) is 5.82 Å². The summed E-state index contributed by atoms with van der Waals surface area (Å²) in [6, 6.07) is 11.0. The molecule has 1 heterocycles. The number of hydrogen-bond donors (Lipinski definition) is 0.